The lowest BCUT2D eigenvalue weighted by Gasteiger charge is -2.30. The molecule has 3 heteroatoms. The van der Waals surface area contributed by atoms with Crippen molar-refractivity contribution in [1.82, 2.24) is 5.32 Å². The molecule has 1 fully saturated rings. The van der Waals surface area contributed by atoms with Gasteiger partial charge in [-0.3, -0.25) is 0 Å². The molecule has 0 spiro atoms. The first kappa shape index (κ1) is 15.9. The zero-order chi connectivity index (χ0) is 16.7. The topological polar surface area (TPSA) is 12.0 Å². The van der Waals surface area contributed by atoms with Crippen molar-refractivity contribution in [3.8, 4) is 0 Å². The number of thioether (sulfide) groups is 1. The molecule has 2 aliphatic heterocycles. The van der Waals surface area contributed by atoms with Crippen LogP contribution in [0, 0.1) is 12.7 Å². The Balaban J connectivity index is 1.96. The average molecular weight is 339 g/mol. The molecule has 1 unspecified atom stereocenters. The first-order valence-corrected chi connectivity index (χ1v) is 9.39. The number of hydrogen-bond acceptors (Lipinski definition) is 2. The Morgan fingerprint density at radius 1 is 1.08 bits per heavy atom. The number of benzene rings is 2. The summed E-state index contributed by atoms with van der Waals surface area (Å²) in [5.74, 6) is -0.107. The van der Waals surface area contributed by atoms with Gasteiger partial charge in [0, 0.05) is 10.5 Å². The SMILES string of the molecule is Cc1ccc2c(c1)C(=C1CCNCC1)C(C)(c1ccccc1F)S2. The monoisotopic (exact) mass is 339 g/mol. The minimum atomic E-state index is -0.353. The quantitative estimate of drug-likeness (QED) is 0.757. The standard InChI is InChI=1S/C21H22FNS/c1-14-7-8-19-16(13-14)20(15-9-11-23-12-10-15)21(2,24-19)17-5-3-4-6-18(17)22/h3-8,13,23H,9-12H2,1-2H3. The number of halogens is 1. The lowest BCUT2D eigenvalue weighted by atomic mass is 9.81. The summed E-state index contributed by atoms with van der Waals surface area (Å²) in [6, 6.07) is 13.9. The van der Waals surface area contributed by atoms with Gasteiger partial charge in [0.05, 0.1) is 4.75 Å². The molecule has 1 nitrogen and oxygen atoms in total. The van der Waals surface area contributed by atoms with Crippen LogP contribution < -0.4 is 5.32 Å². The van der Waals surface area contributed by atoms with Crippen molar-refractivity contribution in [1.29, 1.82) is 0 Å². The average Bonchev–Trinajstić information content (AvgIpc) is 2.88. The minimum Gasteiger partial charge on any atom is -0.316 e. The van der Waals surface area contributed by atoms with E-state index < -0.39 is 0 Å². The molecule has 2 heterocycles. The van der Waals surface area contributed by atoms with Gasteiger partial charge in [0.25, 0.3) is 0 Å². The van der Waals surface area contributed by atoms with Gasteiger partial charge in [0.2, 0.25) is 0 Å². The fourth-order valence-electron chi connectivity index (χ4n) is 4.00. The highest BCUT2D eigenvalue weighted by Crippen LogP contribution is 2.60. The number of hydrogen-bond donors (Lipinski definition) is 1. The van der Waals surface area contributed by atoms with Crippen molar-refractivity contribution in [3.05, 3.63) is 70.5 Å². The Bertz CT molecular complexity index is 818. The van der Waals surface area contributed by atoms with Gasteiger partial charge >= 0.3 is 0 Å². The zero-order valence-electron chi connectivity index (χ0n) is 14.2. The number of fused-ring (bicyclic) bond motifs is 1. The lowest BCUT2D eigenvalue weighted by molar-refractivity contribution is 0.592. The van der Waals surface area contributed by atoms with Crippen LogP contribution in [0.4, 0.5) is 4.39 Å². The molecule has 2 aliphatic rings. The van der Waals surface area contributed by atoms with Crippen LogP contribution in [-0.4, -0.2) is 13.1 Å². The van der Waals surface area contributed by atoms with Crippen molar-refractivity contribution in [2.75, 3.05) is 13.1 Å². The van der Waals surface area contributed by atoms with Crippen molar-refractivity contribution >= 4 is 17.3 Å². The van der Waals surface area contributed by atoms with E-state index in [-0.39, 0.29) is 10.6 Å². The molecule has 1 N–H and O–H groups in total. The Morgan fingerprint density at radius 3 is 2.58 bits per heavy atom. The summed E-state index contributed by atoms with van der Waals surface area (Å²) in [6.07, 6.45) is 2.10. The van der Waals surface area contributed by atoms with Gasteiger partial charge in [-0.15, -0.1) is 11.8 Å². The van der Waals surface area contributed by atoms with Crippen LogP contribution in [0.25, 0.3) is 5.57 Å². The van der Waals surface area contributed by atoms with Gasteiger partial charge in [0.15, 0.2) is 0 Å². The fraction of sp³-hybridized carbons (Fsp3) is 0.333. The second-order valence-corrected chi connectivity index (χ2v) is 8.30. The molecule has 1 saturated heterocycles. The third kappa shape index (κ3) is 2.51. The van der Waals surface area contributed by atoms with Gasteiger partial charge in [-0.2, -0.15) is 0 Å². The number of aryl methyl sites for hydroxylation is 1. The normalized spacial score (nSPS) is 23.5. The van der Waals surface area contributed by atoms with Crippen molar-refractivity contribution in [2.24, 2.45) is 0 Å². The molecule has 0 radical (unpaired) electrons. The number of rotatable bonds is 1. The predicted molar refractivity (Wildman–Crippen MR) is 99.8 cm³/mol. The molecule has 0 saturated carbocycles. The van der Waals surface area contributed by atoms with E-state index in [1.54, 1.807) is 23.9 Å². The number of nitrogens with one attached hydrogen (secondary N) is 1. The van der Waals surface area contributed by atoms with Gasteiger partial charge in [-0.1, -0.05) is 41.5 Å². The molecular weight excluding hydrogens is 317 g/mol. The first-order chi connectivity index (χ1) is 11.6. The van der Waals surface area contributed by atoms with E-state index in [2.05, 4.69) is 37.4 Å². The van der Waals surface area contributed by atoms with E-state index in [4.69, 9.17) is 0 Å². The minimum absolute atomic E-state index is 0.107. The molecule has 124 valence electrons. The molecule has 0 aliphatic carbocycles. The Labute approximate surface area is 147 Å². The van der Waals surface area contributed by atoms with Crippen molar-refractivity contribution in [3.63, 3.8) is 0 Å². The molecule has 2 aromatic rings. The van der Waals surface area contributed by atoms with Crippen LogP contribution in [0.5, 0.6) is 0 Å². The Morgan fingerprint density at radius 2 is 1.83 bits per heavy atom. The highest BCUT2D eigenvalue weighted by molar-refractivity contribution is 8.01. The van der Waals surface area contributed by atoms with Crippen LogP contribution in [-0.2, 0) is 4.75 Å². The highest BCUT2D eigenvalue weighted by atomic mass is 32.2. The van der Waals surface area contributed by atoms with Crippen LogP contribution in [0.2, 0.25) is 0 Å². The molecule has 1 atom stereocenters. The van der Waals surface area contributed by atoms with Crippen molar-refractivity contribution < 1.29 is 4.39 Å². The summed E-state index contributed by atoms with van der Waals surface area (Å²) in [4.78, 5) is 1.27. The summed E-state index contributed by atoms with van der Waals surface area (Å²) in [5, 5.41) is 3.44. The Kier molecular flexibility index (Phi) is 4.01. The van der Waals surface area contributed by atoms with Crippen LogP contribution in [0.1, 0.15) is 36.5 Å². The smallest absolute Gasteiger partial charge is 0.128 e. The van der Waals surface area contributed by atoms with Gasteiger partial charge in [0.1, 0.15) is 5.82 Å². The second kappa shape index (κ2) is 6.05. The maximum Gasteiger partial charge on any atom is 0.128 e. The molecule has 2 aromatic carbocycles. The molecule has 0 bridgehead atoms. The summed E-state index contributed by atoms with van der Waals surface area (Å²) < 4.78 is 14.3. The second-order valence-electron chi connectivity index (χ2n) is 6.84. The summed E-state index contributed by atoms with van der Waals surface area (Å²) in [7, 11) is 0. The van der Waals surface area contributed by atoms with E-state index in [1.807, 2.05) is 12.1 Å². The van der Waals surface area contributed by atoms with Crippen molar-refractivity contribution in [2.45, 2.75) is 36.3 Å². The predicted octanol–water partition coefficient (Wildman–Crippen LogP) is 5.29. The van der Waals surface area contributed by atoms with E-state index >= 15 is 0 Å². The lowest BCUT2D eigenvalue weighted by Crippen LogP contribution is -2.26. The largest absolute Gasteiger partial charge is 0.316 e. The highest BCUT2D eigenvalue weighted by Gasteiger charge is 2.43. The van der Waals surface area contributed by atoms with E-state index in [0.717, 1.165) is 31.5 Å². The number of piperidine rings is 1. The summed E-state index contributed by atoms with van der Waals surface area (Å²) in [5.41, 5.74) is 6.20. The molecule has 4 rings (SSSR count). The van der Waals surface area contributed by atoms with E-state index in [1.165, 1.54) is 27.2 Å². The summed E-state index contributed by atoms with van der Waals surface area (Å²) in [6.45, 7) is 6.35. The van der Waals surface area contributed by atoms with E-state index in [0.29, 0.717) is 0 Å². The maximum absolute atomic E-state index is 14.7. The molecule has 0 aromatic heterocycles. The van der Waals surface area contributed by atoms with Gasteiger partial charge in [-0.05, 0) is 63.0 Å². The molecule has 0 amide bonds. The molecule has 24 heavy (non-hydrogen) atoms. The van der Waals surface area contributed by atoms with E-state index in [9.17, 15) is 4.39 Å². The van der Waals surface area contributed by atoms with Gasteiger partial charge < -0.3 is 5.32 Å². The molecular formula is C21H22FNS. The van der Waals surface area contributed by atoms with Gasteiger partial charge in [-0.25, -0.2) is 4.39 Å². The third-order valence-corrected chi connectivity index (χ3v) is 6.55. The van der Waals surface area contributed by atoms with Crippen LogP contribution >= 0.6 is 11.8 Å². The third-order valence-electron chi connectivity index (χ3n) is 5.14. The maximum atomic E-state index is 14.7. The Hall–Kier alpha value is -1.58. The fourth-order valence-corrected chi connectivity index (χ4v) is 5.48. The first-order valence-electron chi connectivity index (χ1n) is 8.58. The summed E-state index contributed by atoms with van der Waals surface area (Å²) >= 11 is 1.80. The van der Waals surface area contributed by atoms with Crippen LogP contribution in [0.15, 0.2) is 52.9 Å². The zero-order valence-corrected chi connectivity index (χ0v) is 15.0. The van der Waals surface area contributed by atoms with Crippen LogP contribution in [0.3, 0.4) is 0 Å².